The topological polar surface area (TPSA) is 57.7 Å². The Labute approximate surface area is 168 Å². The molecule has 1 fully saturated rings. The molecule has 1 saturated heterocycles. The molecule has 3 rings (SSSR count). The van der Waals surface area contributed by atoms with Crippen molar-refractivity contribution in [2.75, 3.05) is 26.2 Å². The molecule has 150 valence electrons. The van der Waals surface area contributed by atoms with Gasteiger partial charge in [-0.05, 0) is 57.9 Å². The number of rotatable bonds is 3. The molecule has 2 aromatic rings. The van der Waals surface area contributed by atoms with Crippen molar-refractivity contribution >= 4 is 15.9 Å². The predicted molar refractivity (Wildman–Crippen MR) is 111 cm³/mol. The fraction of sp³-hybridized carbons (Fsp3) is 0.409. The molecule has 1 aliphatic rings. The van der Waals surface area contributed by atoms with E-state index in [1.54, 1.807) is 4.90 Å². The van der Waals surface area contributed by atoms with E-state index in [4.69, 9.17) is 0 Å². The highest BCUT2D eigenvalue weighted by atomic mass is 32.2. The zero-order valence-corrected chi connectivity index (χ0v) is 18.1. The van der Waals surface area contributed by atoms with Crippen LogP contribution in [-0.4, -0.2) is 49.7 Å². The molecule has 0 atom stereocenters. The van der Waals surface area contributed by atoms with Crippen LogP contribution in [0.15, 0.2) is 35.2 Å². The quantitative estimate of drug-likeness (QED) is 0.794. The van der Waals surface area contributed by atoms with Crippen LogP contribution in [0.25, 0.3) is 0 Å². The maximum absolute atomic E-state index is 13.2. The first-order chi connectivity index (χ1) is 13.1. The summed E-state index contributed by atoms with van der Waals surface area (Å²) in [6.45, 7) is 11.0. The average molecular weight is 401 g/mol. The van der Waals surface area contributed by atoms with E-state index >= 15 is 0 Å². The lowest BCUT2D eigenvalue weighted by atomic mass is 10.1. The number of piperazine rings is 1. The van der Waals surface area contributed by atoms with Gasteiger partial charge in [0.05, 0.1) is 4.90 Å². The van der Waals surface area contributed by atoms with Crippen LogP contribution in [0.3, 0.4) is 0 Å². The Hall–Kier alpha value is -2.18. The smallest absolute Gasteiger partial charge is 0.253 e. The summed E-state index contributed by atoms with van der Waals surface area (Å²) in [5.41, 5.74) is 5.36. The lowest BCUT2D eigenvalue weighted by Gasteiger charge is -2.34. The number of carbonyl (C=O) groups is 1. The molecule has 28 heavy (non-hydrogen) atoms. The molecule has 2 aromatic carbocycles. The molecule has 0 aromatic heterocycles. The third-order valence-corrected chi connectivity index (χ3v) is 7.40. The SMILES string of the molecule is Cc1cc(C)cc(C(=O)N2CCN(S(=O)(=O)c3c(C)cc(C)cc3C)CC2)c1. The van der Waals surface area contributed by atoms with Crippen LogP contribution < -0.4 is 0 Å². The molecule has 1 heterocycles. The van der Waals surface area contributed by atoms with Crippen LogP contribution >= 0.6 is 0 Å². The van der Waals surface area contributed by atoms with Crippen LogP contribution in [-0.2, 0) is 10.0 Å². The van der Waals surface area contributed by atoms with E-state index in [0.29, 0.717) is 36.6 Å². The Morgan fingerprint density at radius 2 is 1.21 bits per heavy atom. The van der Waals surface area contributed by atoms with Gasteiger partial charge in [0.2, 0.25) is 10.0 Å². The zero-order valence-electron chi connectivity index (χ0n) is 17.2. The van der Waals surface area contributed by atoms with Crippen molar-refractivity contribution in [3.8, 4) is 0 Å². The van der Waals surface area contributed by atoms with E-state index in [0.717, 1.165) is 27.8 Å². The molecule has 1 aliphatic heterocycles. The second-order valence-corrected chi connectivity index (χ2v) is 9.68. The third-order valence-electron chi connectivity index (χ3n) is 5.20. The summed E-state index contributed by atoms with van der Waals surface area (Å²) in [7, 11) is -3.57. The Morgan fingerprint density at radius 1 is 0.750 bits per heavy atom. The first kappa shape index (κ1) is 20.6. The highest BCUT2D eigenvalue weighted by Crippen LogP contribution is 2.26. The van der Waals surface area contributed by atoms with Crippen molar-refractivity contribution in [3.63, 3.8) is 0 Å². The molecule has 0 N–H and O–H groups in total. The molecular weight excluding hydrogens is 372 g/mol. The summed E-state index contributed by atoms with van der Waals surface area (Å²) in [4.78, 5) is 15.0. The van der Waals surface area contributed by atoms with Crippen LogP contribution in [0.5, 0.6) is 0 Å². The van der Waals surface area contributed by atoms with Gasteiger partial charge >= 0.3 is 0 Å². The minimum absolute atomic E-state index is 0.0356. The van der Waals surface area contributed by atoms with Crippen LogP contribution in [0.4, 0.5) is 0 Å². The summed E-state index contributed by atoms with van der Waals surface area (Å²) < 4.78 is 27.9. The van der Waals surface area contributed by atoms with Gasteiger partial charge in [-0.15, -0.1) is 0 Å². The van der Waals surface area contributed by atoms with E-state index in [-0.39, 0.29) is 5.91 Å². The first-order valence-corrected chi connectivity index (χ1v) is 11.0. The second kappa shape index (κ2) is 7.68. The van der Waals surface area contributed by atoms with Crippen LogP contribution in [0.1, 0.15) is 38.2 Å². The number of benzene rings is 2. The monoisotopic (exact) mass is 400 g/mol. The molecule has 0 unspecified atom stereocenters. The Kier molecular flexibility index (Phi) is 5.64. The maximum atomic E-state index is 13.2. The van der Waals surface area contributed by atoms with Crippen LogP contribution in [0, 0.1) is 34.6 Å². The van der Waals surface area contributed by atoms with Crippen LogP contribution in [0.2, 0.25) is 0 Å². The molecular formula is C22H28N2O3S. The van der Waals surface area contributed by atoms with Gasteiger partial charge in [0.1, 0.15) is 0 Å². The molecule has 0 spiro atoms. The van der Waals surface area contributed by atoms with E-state index in [1.807, 2.05) is 65.0 Å². The van der Waals surface area contributed by atoms with Crippen molar-refractivity contribution < 1.29 is 13.2 Å². The predicted octanol–water partition coefficient (Wildman–Crippen LogP) is 3.38. The number of aryl methyl sites for hydroxylation is 5. The maximum Gasteiger partial charge on any atom is 0.253 e. The molecule has 0 radical (unpaired) electrons. The first-order valence-electron chi connectivity index (χ1n) is 9.55. The molecule has 0 aliphatic carbocycles. The lowest BCUT2D eigenvalue weighted by molar-refractivity contribution is 0.0697. The Balaban J connectivity index is 1.77. The number of carbonyl (C=O) groups excluding carboxylic acids is 1. The summed E-state index contributed by atoms with van der Waals surface area (Å²) in [6, 6.07) is 9.61. The number of amides is 1. The fourth-order valence-corrected chi connectivity index (χ4v) is 5.95. The zero-order chi connectivity index (χ0) is 20.6. The van der Waals surface area contributed by atoms with Crippen molar-refractivity contribution in [1.29, 1.82) is 0 Å². The van der Waals surface area contributed by atoms with E-state index < -0.39 is 10.0 Å². The minimum Gasteiger partial charge on any atom is -0.336 e. The van der Waals surface area contributed by atoms with Gasteiger partial charge < -0.3 is 4.90 Å². The van der Waals surface area contributed by atoms with Gasteiger partial charge in [-0.2, -0.15) is 4.31 Å². The van der Waals surface area contributed by atoms with E-state index in [9.17, 15) is 13.2 Å². The highest BCUT2D eigenvalue weighted by molar-refractivity contribution is 7.89. The van der Waals surface area contributed by atoms with Gasteiger partial charge in [-0.3, -0.25) is 4.79 Å². The highest BCUT2D eigenvalue weighted by Gasteiger charge is 2.32. The molecule has 0 bridgehead atoms. The fourth-order valence-electron chi connectivity index (χ4n) is 4.12. The number of nitrogens with zero attached hydrogens (tertiary/aromatic N) is 2. The van der Waals surface area contributed by atoms with Gasteiger partial charge in [-0.1, -0.05) is 34.9 Å². The Bertz CT molecular complexity index is 977. The number of hydrogen-bond donors (Lipinski definition) is 0. The van der Waals surface area contributed by atoms with Gasteiger partial charge in [-0.25, -0.2) is 8.42 Å². The molecule has 1 amide bonds. The lowest BCUT2D eigenvalue weighted by Crippen LogP contribution is -2.50. The van der Waals surface area contributed by atoms with Crippen molar-refractivity contribution in [2.24, 2.45) is 0 Å². The van der Waals surface area contributed by atoms with E-state index in [2.05, 4.69) is 0 Å². The molecule has 0 saturated carbocycles. The normalized spacial score (nSPS) is 15.7. The average Bonchev–Trinajstić information content (AvgIpc) is 2.59. The Morgan fingerprint density at radius 3 is 1.71 bits per heavy atom. The minimum atomic E-state index is -3.57. The summed E-state index contributed by atoms with van der Waals surface area (Å²) >= 11 is 0. The number of hydrogen-bond acceptors (Lipinski definition) is 3. The van der Waals surface area contributed by atoms with E-state index in [1.165, 1.54) is 4.31 Å². The van der Waals surface area contributed by atoms with Crippen molar-refractivity contribution in [3.05, 3.63) is 63.7 Å². The third kappa shape index (κ3) is 3.98. The van der Waals surface area contributed by atoms with Gasteiger partial charge in [0.25, 0.3) is 5.91 Å². The summed E-state index contributed by atoms with van der Waals surface area (Å²) in [6.07, 6.45) is 0. The molecule has 5 nitrogen and oxygen atoms in total. The van der Waals surface area contributed by atoms with Crippen molar-refractivity contribution in [1.82, 2.24) is 9.21 Å². The largest absolute Gasteiger partial charge is 0.336 e. The standard InChI is InChI=1S/C22H28N2O3S/c1-15-10-16(2)14-20(13-15)22(25)23-6-8-24(9-7-23)28(26,27)21-18(4)11-17(3)12-19(21)5/h10-14H,6-9H2,1-5H3. The van der Waals surface area contributed by atoms with Crippen molar-refractivity contribution in [2.45, 2.75) is 39.5 Å². The summed E-state index contributed by atoms with van der Waals surface area (Å²) in [5.74, 6) is -0.0356. The van der Waals surface area contributed by atoms with Gasteiger partial charge in [0, 0.05) is 31.7 Å². The van der Waals surface area contributed by atoms with Gasteiger partial charge in [0.15, 0.2) is 0 Å². The molecule has 6 heteroatoms. The second-order valence-electron chi connectivity index (χ2n) is 7.80. The summed E-state index contributed by atoms with van der Waals surface area (Å²) in [5, 5.41) is 0. The number of sulfonamides is 1.